The third kappa shape index (κ3) is 2.69. The Morgan fingerprint density at radius 2 is 1.82 bits per heavy atom. The maximum atomic E-state index is 12.7. The molecule has 86 valence electrons. The van der Waals surface area contributed by atoms with Crippen molar-refractivity contribution in [3.8, 4) is 11.5 Å². The first-order chi connectivity index (χ1) is 8.19. The van der Waals surface area contributed by atoms with E-state index in [1.165, 1.54) is 24.3 Å². The first kappa shape index (κ1) is 11.3. The molecule has 0 aliphatic carbocycles. The summed E-state index contributed by atoms with van der Waals surface area (Å²) >= 11 is 0. The van der Waals surface area contributed by atoms with Gasteiger partial charge in [-0.2, -0.15) is 0 Å². The van der Waals surface area contributed by atoms with Crippen molar-refractivity contribution in [3.63, 3.8) is 0 Å². The van der Waals surface area contributed by atoms with Gasteiger partial charge in [0.1, 0.15) is 17.3 Å². The summed E-state index contributed by atoms with van der Waals surface area (Å²) in [7, 11) is 0. The normalized spacial score (nSPS) is 10.0. The van der Waals surface area contributed by atoms with Crippen LogP contribution in [0.25, 0.3) is 0 Å². The summed E-state index contributed by atoms with van der Waals surface area (Å²) in [6.45, 7) is 1.90. The Labute approximate surface area is 98.7 Å². The average molecular weight is 230 g/mol. The van der Waals surface area contributed by atoms with Crippen LogP contribution in [0.3, 0.4) is 0 Å². The topological polar surface area (TPSA) is 26.3 Å². The van der Waals surface area contributed by atoms with Crippen LogP contribution in [0.4, 0.5) is 4.39 Å². The van der Waals surface area contributed by atoms with Gasteiger partial charge in [0.05, 0.1) is 5.56 Å². The lowest BCUT2D eigenvalue weighted by Gasteiger charge is -2.08. The second-order valence-corrected chi connectivity index (χ2v) is 3.72. The number of hydrogen-bond donors (Lipinski definition) is 0. The Bertz CT molecular complexity index is 532. The zero-order valence-corrected chi connectivity index (χ0v) is 9.31. The smallest absolute Gasteiger partial charge is 0.153 e. The molecule has 0 atom stereocenters. The zero-order chi connectivity index (χ0) is 12.3. The van der Waals surface area contributed by atoms with Crippen LogP contribution in [0.2, 0.25) is 0 Å². The molecule has 0 aliphatic heterocycles. The Kier molecular flexibility index (Phi) is 3.19. The highest BCUT2D eigenvalue weighted by Crippen LogP contribution is 2.25. The number of halogens is 1. The fourth-order valence-electron chi connectivity index (χ4n) is 1.48. The van der Waals surface area contributed by atoms with Crippen LogP contribution in [-0.2, 0) is 0 Å². The molecule has 0 amide bonds. The second-order valence-electron chi connectivity index (χ2n) is 3.72. The van der Waals surface area contributed by atoms with Crippen molar-refractivity contribution in [1.82, 2.24) is 0 Å². The quantitative estimate of drug-likeness (QED) is 0.751. The van der Waals surface area contributed by atoms with Crippen molar-refractivity contribution in [2.24, 2.45) is 0 Å². The van der Waals surface area contributed by atoms with Crippen LogP contribution in [0.5, 0.6) is 11.5 Å². The first-order valence-corrected chi connectivity index (χ1v) is 5.18. The van der Waals surface area contributed by atoms with Gasteiger partial charge in [0.15, 0.2) is 6.29 Å². The highest BCUT2D eigenvalue weighted by molar-refractivity contribution is 5.79. The largest absolute Gasteiger partial charge is 0.457 e. The predicted octanol–water partition coefficient (Wildman–Crippen LogP) is 3.74. The number of aldehydes is 1. The summed E-state index contributed by atoms with van der Waals surface area (Å²) in [6, 6.07) is 11.0. The fraction of sp³-hybridized carbons (Fsp3) is 0.0714. The van der Waals surface area contributed by atoms with E-state index in [-0.39, 0.29) is 5.82 Å². The summed E-state index contributed by atoms with van der Waals surface area (Å²) in [5, 5.41) is 0. The summed E-state index contributed by atoms with van der Waals surface area (Å²) in [6.07, 6.45) is 0.742. The van der Waals surface area contributed by atoms with E-state index in [2.05, 4.69) is 0 Å². The van der Waals surface area contributed by atoms with Crippen LogP contribution in [-0.4, -0.2) is 6.29 Å². The minimum Gasteiger partial charge on any atom is -0.457 e. The van der Waals surface area contributed by atoms with Gasteiger partial charge in [-0.05, 0) is 43.3 Å². The number of hydrogen-bond acceptors (Lipinski definition) is 2. The highest BCUT2D eigenvalue weighted by atomic mass is 19.1. The molecule has 0 saturated heterocycles. The molecule has 17 heavy (non-hydrogen) atoms. The molecule has 0 unspecified atom stereocenters. The Morgan fingerprint density at radius 1 is 1.12 bits per heavy atom. The summed E-state index contributed by atoms with van der Waals surface area (Å²) in [4.78, 5) is 10.9. The van der Waals surface area contributed by atoms with Gasteiger partial charge < -0.3 is 4.74 Å². The number of carbonyl (C=O) groups excluding carboxylic acids is 1. The third-order valence-electron chi connectivity index (χ3n) is 2.33. The van der Waals surface area contributed by atoms with Gasteiger partial charge in [0.2, 0.25) is 0 Å². The van der Waals surface area contributed by atoms with Crippen LogP contribution >= 0.6 is 0 Å². The van der Waals surface area contributed by atoms with E-state index in [1.807, 2.05) is 13.0 Å². The first-order valence-electron chi connectivity index (χ1n) is 5.18. The van der Waals surface area contributed by atoms with Crippen molar-refractivity contribution in [3.05, 3.63) is 59.4 Å². The molecule has 2 aromatic rings. The van der Waals surface area contributed by atoms with Crippen molar-refractivity contribution in [1.29, 1.82) is 0 Å². The third-order valence-corrected chi connectivity index (χ3v) is 2.33. The van der Waals surface area contributed by atoms with Crippen LogP contribution in [0, 0.1) is 12.7 Å². The Morgan fingerprint density at radius 3 is 2.47 bits per heavy atom. The molecule has 0 heterocycles. The van der Waals surface area contributed by atoms with Crippen LogP contribution < -0.4 is 4.74 Å². The van der Waals surface area contributed by atoms with Gasteiger partial charge >= 0.3 is 0 Å². The van der Waals surface area contributed by atoms with Gasteiger partial charge in [-0.1, -0.05) is 11.6 Å². The second kappa shape index (κ2) is 4.78. The molecule has 2 nitrogen and oxygen atoms in total. The van der Waals surface area contributed by atoms with Gasteiger partial charge in [-0.25, -0.2) is 4.39 Å². The van der Waals surface area contributed by atoms with E-state index in [1.54, 1.807) is 12.1 Å². The highest BCUT2D eigenvalue weighted by Gasteiger charge is 2.04. The molecule has 2 aromatic carbocycles. The molecule has 0 radical (unpaired) electrons. The molecule has 0 fully saturated rings. The van der Waals surface area contributed by atoms with Crippen LogP contribution in [0.15, 0.2) is 42.5 Å². The van der Waals surface area contributed by atoms with E-state index >= 15 is 0 Å². The number of aryl methyl sites for hydroxylation is 1. The molecule has 2 rings (SSSR count). The maximum absolute atomic E-state index is 12.7. The van der Waals surface area contributed by atoms with E-state index in [0.29, 0.717) is 17.1 Å². The number of carbonyl (C=O) groups is 1. The maximum Gasteiger partial charge on any atom is 0.153 e. The Balaban J connectivity index is 2.29. The molecule has 0 aromatic heterocycles. The standard InChI is InChI=1S/C14H11FO2/c1-10-2-7-14(11(8-10)9-16)17-13-5-3-12(15)4-6-13/h2-9H,1H3. The monoisotopic (exact) mass is 230 g/mol. The van der Waals surface area contributed by atoms with Gasteiger partial charge in [0.25, 0.3) is 0 Å². The zero-order valence-electron chi connectivity index (χ0n) is 9.31. The molecular weight excluding hydrogens is 219 g/mol. The minimum atomic E-state index is -0.322. The lowest BCUT2D eigenvalue weighted by Crippen LogP contribution is -1.91. The van der Waals surface area contributed by atoms with E-state index in [4.69, 9.17) is 4.74 Å². The average Bonchev–Trinajstić information content (AvgIpc) is 2.34. The molecule has 0 bridgehead atoms. The molecular formula is C14H11FO2. The number of benzene rings is 2. The fourth-order valence-corrected chi connectivity index (χ4v) is 1.48. The van der Waals surface area contributed by atoms with Crippen molar-refractivity contribution >= 4 is 6.29 Å². The van der Waals surface area contributed by atoms with Crippen molar-refractivity contribution < 1.29 is 13.9 Å². The minimum absolute atomic E-state index is 0.322. The summed E-state index contributed by atoms with van der Waals surface area (Å²) < 4.78 is 18.2. The number of ether oxygens (including phenoxy) is 1. The Hall–Kier alpha value is -2.16. The van der Waals surface area contributed by atoms with Gasteiger partial charge in [0, 0.05) is 0 Å². The van der Waals surface area contributed by atoms with Gasteiger partial charge in [-0.15, -0.1) is 0 Å². The summed E-state index contributed by atoms with van der Waals surface area (Å²) in [5.74, 6) is 0.646. The predicted molar refractivity (Wildman–Crippen MR) is 63.0 cm³/mol. The lowest BCUT2D eigenvalue weighted by molar-refractivity contribution is 0.112. The van der Waals surface area contributed by atoms with Crippen molar-refractivity contribution in [2.75, 3.05) is 0 Å². The molecule has 0 spiro atoms. The summed E-state index contributed by atoms with van der Waals surface area (Å²) in [5.41, 5.74) is 1.47. The van der Waals surface area contributed by atoms with Crippen LogP contribution in [0.1, 0.15) is 15.9 Å². The molecule has 0 saturated carbocycles. The van der Waals surface area contributed by atoms with Gasteiger partial charge in [-0.3, -0.25) is 4.79 Å². The van der Waals surface area contributed by atoms with E-state index in [9.17, 15) is 9.18 Å². The van der Waals surface area contributed by atoms with E-state index < -0.39 is 0 Å². The lowest BCUT2D eigenvalue weighted by atomic mass is 10.1. The van der Waals surface area contributed by atoms with Crippen molar-refractivity contribution in [2.45, 2.75) is 6.92 Å². The SMILES string of the molecule is Cc1ccc(Oc2ccc(F)cc2)c(C=O)c1. The number of rotatable bonds is 3. The molecule has 3 heteroatoms. The molecule has 0 aliphatic rings. The molecule has 0 N–H and O–H groups in total. The van der Waals surface area contributed by atoms with E-state index in [0.717, 1.165) is 11.8 Å².